The summed E-state index contributed by atoms with van der Waals surface area (Å²) in [6, 6.07) is 10.6. The molecule has 0 radical (unpaired) electrons. The molecule has 29 heavy (non-hydrogen) atoms. The summed E-state index contributed by atoms with van der Waals surface area (Å²) in [5, 5.41) is 4.90. The van der Waals surface area contributed by atoms with Crippen LogP contribution in [0, 0.1) is 0 Å². The fourth-order valence-corrected chi connectivity index (χ4v) is 4.70. The maximum atomic E-state index is 12.6. The highest BCUT2D eigenvalue weighted by Gasteiger charge is 2.26. The van der Waals surface area contributed by atoms with E-state index in [1.165, 1.54) is 34.6 Å². The topological polar surface area (TPSA) is 76.1 Å². The monoisotopic (exact) mass is 434 g/mol. The quantitative estimate of drug-likeness (QED) is 0.639. The van der Waals surface area contributed by atoms with E-state index in [2.05, 4.69) is 22.4 Å². The van der Waals surface area contributed by atoms with Gasteiger partial charge in [0.25, 0.3) is 5.91 Å². The Balaban J connectivity index is 1.48. The van der Waals surface area contributed by atoms with E-state index >= 15 is 0 Å². The molecule has 0 saturated carbocycles. The molecule has 1 aromatic heterocycles. The number of alkyl halides is 2. The standard InChI is InChI=1S/C20H16F2N2O3S2/c21-19(22)29(26,27)16-8-6-13(7-9-16)18(25)24-20-23-17(11-28-20)15-5-4-12-2-1-3-14(12)10-15/h4-11,19H,1-3H2,(H,23,24,25). The molecule has 0 aliphatic heterocycles. The van der Waals surface area contributed by atoms with Crippen molar-refractivity contribution < 1.29 is 22.0 Å². The fraction of sp³-hybridized carbons (Fsp3) is 0.200. The van der Waals surface area contributed by atoms with Crippen molar-refractivity contribution in [3.63, 3.8) is 0 Å². The van der Waals surface area contributed by atoms with Crippen LogP contribution in [0.15, 0.2) is 52.7 Å². The molecule has 1 aliphatic carbocycles. The summed E-state index contributed by atoms with van der Waals surface area (Å²) >= 11 is 1.27. The number of aryl methyl sites for hydroxylation is 2. The first-order valence-electron chi connectivity index (χ1n) is 8.86. The zero-order valence-electron chi connectivity index (χ0n) is 15.1. The maximum absolute atomic E-state index is 12.6. The van der Waals surface area contributed by atoms with Gasteiger partial charge in [-0.2, -0.15) is 8.78 Å². The summed E-state index contributed by atoms with van der Waals surface area (Å²) in [6.45, 7) is 0. The number of nitrogens with one attached hydrogen (secondary N) is 1. The first-order valence-corrected chi connectivity index (χ1v) is 11.3. The van der Waals surface area contributed by atoms with Crippen molar-refractivity contribution in [1.82, 2.24) is 4.98 Å². The molecule has 5 nitrogen and oxygen atoms in total. The molecule has 4 rings (SSSR count). The van der Waals surface area contributed by atoms with Crippen LogP contribution in [0.3, 0.4) is 0 Å². The molecule has 0 saturated heterocycles. The number of benzene rings is 2. The van der Waals surface area contributed by atoms with E-state index in [1.807, 2.05) is 11.4 Å². The van der Waals surface area contributed by atoms with Crippen molar-refractivity contribution >= 4 is 32.2 Å². The molecule has 2 aromatic carbocycles. The van der Waals surface area contributed by atoms with Crippen molar-refractivity contribution in [1.29, 1.82) is 0 Å². The van der Waals surface area contributed by atoms with Gasteiger partial charge in [0.15, 0.2) is 5.13 Å². The van der Waals surface area contributed by atoms with Crippen LogP contribution in [0.4, 0.5) is 13.9 Å². The second kappa shape index (κ2) is 7.64. The molecule has 1 heterocycles. The van der Waals surface area contributed by atoms with Gasteiger partial charge in [-0.25, -0.2) is 13.4 Å². The number of amides is 1. The normalized spacial score (nSPS) is 13.5. The molecule has 1 N–H and O–H groups in total. The van der Waals surface area contributed by atoms with Gasteiger partial charge in [-0.15, -0.1) is 11.3 Å². The van der Waals surface area contributed by atoms with Gasteiger partial charge in [-0.3, -0.25) is 10.1 Å². The highest BCUT2D eigenvalue weighted by atomic mass is 32.2. The number of nitrogens with zero attached hydrogens (tertiary/aromatic N) is 1. The molecule has 0 bridgehead atoms. The summed E-state index contributed by atoms with van der Waals surface area (Å²) in [6.07, 6.45) is 3.33. The second-order valence-corrected chi connectivity index (χ2v) is 9.43. The van der Waals surface area contributed by atoms with Crippen LogP contribution in [-0.4, -0.2) is 25.1 Å². The highest BCUT2D eigenvalue weighted by Crippen LogP contribution is 2.30. The predicted octanol–water partition coefficient (Wildman–Crippen LogP) is 4.55. The number of hydrogen-bond donors (Lipinski definition) is 1. The Labute approximate surface area is 170 Å². The minimum Gasteiger partial charge on any atom is -0.298 e. The minimum absolute atomic E-state index is 0.146. The average molecular weight is 434 g/mol. The average Bonchev–Trinajstić information content (AvgIpc) is 3.36. The predicted molar refractivity (Wildman–Crippen MR) is 107 cm³/mol. The van der Waals surface area contributed by atoms with Gasteiger partial charge in [0.05, 0.1) is 10.6 Å². The number of aromatic nitrogens is 1. The third kappa shape index (κ3) is 3.92. The number of anilines is 1. The Morgan fingerprint density at radius 1 is 1.07 bits per heavy atom. The molecular formula is C20H16F2N2O3S2. The molecule has 3 aromatic rings. The summed E-state index contributed by atoms with van der Waals surface area (Å²) < 4.78 is 48.1. The smallest absolute Gasteiger partial charge is 0.298 e. The van der Waals surface area contributed by atoms with Crippen molar-refractivity contribution in [2.45, 2.75) is 29.9 Å². The molecule has 0 spiro atoms. The van der Waals surface area contributed by atoms with E-state index in [-0.39, 0.29) is 5.56 Å². The van der Waals surface area contributed by atoms with E-state index in [0.717, 1.165) is 42.7 Å². The molecule has 0 atom stereocenters. The van der Waals surface area contributed by atoms with Crippen molar-refractivity contribution in [3.05, 3.63) is 64.5 Å². The number of halogens is 2. The summed E-state index contributed by atoms with van der Waals surface area (Å²) in [5.41, 5.74) is 4.60. The second-order valence-electron chi connectivity index (χ2n) is 6.66. The number of rotatable bonds is 5. The van der Waals surface area contributed by atoms with E-state index in [9.17, 15) is 22.0 Å². The van der Waals surface area contributed by atoms with Gasteiger partial charge >= 0.3 is 5.76 Å². The lowest BCUT2D eigenvalue weighted by Crippen LogP contribution is -2.14. The van der Waals surface area contributed by atoms with E-state index in [4.69, 9.17) is 0 Å². The number of thiazole rings is 1. The van der Waals surface area contributed by atoms with Crippen molar-refractivity contribution in [2.75, 3.05) is 5.32 Å². The van der Waals surface area contributed by atoms with E-state index < -0.39 is 26.4 Å². The molecular weight excluding hydrogens is 418 g/mol. The first-order chi connectivity index (χ1) is 13.8. The van der Waals surface area contributed by atoms with Crippen LogP contribution in [0.25, 0.3) is 11.3 Å². The summed E-state index contributed by atoms with van der Waals surface area (Å²) in [5.74, 6) is -4.00. The van der Waals surface area contributed by atoms with Crippen LogP contribution in [-0.2, 0) is 22.7 Å². The lowest BCUT2D eigenvalue weighted by molar-refractivity contribution is 0.102. The Bertz CT molecular complexity index is 1170. The zero-order valence-corrected chi connectivity index (χ0v) is 16.7. The Kier molecular flexibility index (Phi) is 5.18. The van der Waals surface area contributed by atoms with Crippen LogP contribution < -0.4 is 5.32 Å². The lowest BCUT2D eigenvalue weighted by atomic mass is 10.1. The highest BCUT2D eigenvalue weighted by molar-refractivity contribution is 7.91. The van der Waals surface area contributed by atoms with Crippen LogP contribution in [0.1, 0.15) is 27.9 Å². The Morgan fingerprint density at radius 2 is 1.79 bits per heavy atom. The first kappa shape index (κ1) is 19.7. The van der Waals surface area contributed by atoms with Crippen LogP contribution in [0.5, 0.6) is 0 Å². The largest absolute Gasteiger partial charge is 0.341 e. The molecule has 150 valence electrons. The minimum atomic E-state index is -4.69. The third-order valence-electron chi connectivity index (χ3n) is 4.80. The van der Waals surface area contributed by atoms with Gasteiger partial charge in [-0.1, -0.05) is 12.1 Å². The Hall–Kier alpha value is -2.65. The van der Waals surface area contributed by atoms with Gasteiger partial charge in [-0.05, 0) is 60.7 Å². The maximum Gasteiger partial charge on any atom is 0.341 e. The third-order valence-corrected chi connectivity index (χ3v) is 6.95. The molecule has 0 unspecified atom stereocenters. The van der Waals surface area contributed by atoms with Gasteiger partial charge in [0, 0.05) is 16.5 Å². The Morgan fingerprint density at radius 3 is 2.52 bits per heavy atom. The number of hydrogen-bond acceptors (Lipinski definition) is 5. The SMILES string of the molecule is O=C(Nc1nc(-c2ccc3c(c2)CCC3)cs1)c1ccc(S(=O)(=O)C(F)F)cc1. The fourth-order valence-electron chi connectivity index (χ4n) is 3.26. The molecule has 9 heteroatoms. The molecule has 1 amide bonds. The van der Waals surface area contributed by atoms with Gasteiger partial charge < -0.3 is 0 Å². The summed E-state index contributed by atoms with van der Waals surface area (Å²) in [7, 11) is -4.69. The number of sulfone groups is 1. The van der Waals surface area contributed by atoms with Crippen molar-refractivity contribution in [2.24, 2.45) is 0 Å². The van der Waals surface area contributed by atoms with Crippen LogP contribution in [0.2, 0.25) is 0 Å². The van der Waals surface area contributed by atoms with Gasteiger partial charge in [0.2, 0.25) is 9.84 Å². The van der Waals surface area contributed by atoms with Crippen molar-refractivity contribution in [3.8, 4) is 11.3 Å². The van der Waals surface area contributed by atoms with Gasteiger partial charge in [0.1, 0.15) is 0 Å². The number of carbonyl (C=O) groups is 1. The lowest BCUT2D eigenvalue weighted by Gasteiger charge is -2.05. The zero-order chi connectivity index (χ0) is 20.6. The van der Waals surface area contributed by atoms with Crippen LogP contribution >= 0.6 is 11.3 Å². The number of fused-ring (bicyclic) bond motifs is 1. The molecule has 1 aliphatic rings. The number of carbonyl (C=O) groups excluding carboxylic acids is 1. The van der Waals surface area contributed by atoms with E-state index in [0.29, 0.717) is 5.13 Å². The summed E-state index contributed by atoms with van der Waals surface area (Å²) in [4.78, 5) is 16.3. The van der Waals surface area contributed by atoms with E-state index in [1.54, 1.807) is 0 Å². The molecule has 0 fully saturated rings.